The minimum absolute atomic E-state index is 0.482. The summed E-state index contributed by atoms with van der Waals surface area (Å²) >= 11 is 0. The van der Waals surface area contributed by atoms with Gasteiger partial charge in [0.05, 0.1) is 13.2 Å². The number of nitrogens with one attached hydrogen (secondary N) is 1. The third-order valence-electron chi connectivity index (χ3n) is 5.34. The standard InChI is InChI=1S/C24H29N7O/c1-3-5-11-22-25-24(32-16-6-4-2)28-31(22)17-18-12-14-19(15-13-18)20-9-7-8-10-21(20)23-26-29-30-27-23/h7-10,12-15H,3-6,11,16-17H2,1-2H3,(H,26,27,29,30). The van der Waals surface area contributed by atoms with Crippen molar-refractivity contribution in [1.82, 2.24) is 35.4 Å². The van der Waals surface area contributed by atoms with Gasteiger partial charge in [-0.3, -0.25) is 0 Å². The summed E-state index contributed by atoms with van der Waals surface area (Å²) in [6.07, 6.45) is 5.20. The van der Waals surface area contributed by atoms with Gasteiger partial charge in [0.25, 0.3) is 0 Å². The van der Waals surface area contributed by atoms with E-state index >= 15 is 0 Å². The predicted octanol–water partition coefficient (Wildman–Crippen LogP) is 4.70. The third kappa shape index (κ3) is 5.19. The molecule has 2 aromatic carbocycles. The smallest absolute Gasteiger partial charge is 0.335 e. The van der Waals surface area contributed by atoms with Gasteiger partial charge in [-0.1, -0.05) is 75.2 Å². The van der Waals surface area contributed by atoms with E-state index in [9.17, 15) is 0 Å². The molecular weight excluding hydrogens is 402 g/mol. The lowest BCUT2D eigenvalue weighted by atomic mass is 9.98. The van der Waals surface area contributed by atoms with E-state index in [0.717, 1.165) is 60.2 Å². The topological polar surface area (TPSA) is 94.4 Å². The van der Waals surface area contributed by atoms with E-state index in [0.29, 0.717) is 25.0 Å². The van der Waals surface area contributed by atoms with Crippen LogP contribution in [0.3, 0.4) is 0 Å². The molecule has 8 heteroatoms. The fraction of sp³-hybridized carbons (Fsp3) is 0.375. The number of unbranched alkanes of at least 4 members (excludes halogenated alkanes) is 2. The maximum Gasteiger partial charge on any atom is 0.335 e. The number of aromatic amines is 1. The highest BCUT2D eigenvalue weighted by atomic mass is 16.5. The molecule has 1 N–H and O–H groups in total. The number of ether oxygens (including phenoxy) is 1. The molecule has 0 unspecified atom stereocenters. The molecule has 8 nitrogen and oxygen atoms in total. The molecule has 0 amide bonds. The predicted molar refractivity (Wildman–Crippen MR) is 123 cm³/mol. The number of aromatic nitrogens is 7. The Bertz CT molecular complexity index is 1100. The summed E-state index contributed by atoms with van der Waals surface area (Å²) < 4.78 is 7.72. The SMILES string of the molecule is CCCCOc1nc(CCCC)n(Cc2ccc(-c3ccccc3-c3nnn[nH]3)cc2)n1. The first-order valence-electron chi connectivity index (χ1n) is 11.3. The molecule has 0 saturated carbocycles. The number of rotatable bonds is 11. The van der Waals surface area contributed by atoms with Crippen molar-refractivity contribution in [3.05, 3.63) is 59.9 Å². The number of hydrogen-bond acceptors (Lipinski definition) is 6. The van der Waals surface area contributed by atoms with Crippen molar-refractivity contribution >= 4 is 0 Å². The summed E-state index contributed by atoms with van der Waals surface area (Å²) in [5.41, 5.74) is 4.32. The van der Waals surface area contributed by atoms with Gasteiger partial charge >= 0.3 is 6.01 Å². The molecule has 0 aliphatic carbocycles. The fourth-order valence-corrected chi connectivity index (χ4v) is 3.54. The summed E-state index contributed by atoms with van der Waals surface area (Å²) in [5, 5.41) is 18.9. The molecule has 0 spiro atoms. The van der Waals surface area contributed by atoms with E-state index in [-0.39, 0.29) is 0 Å². The van der Waals surface area contributed by atoms with E-state index < -0.39 is 0 Å². The second-order valence-electron chi connectivity index (χ2n) is 7.77. The number of tetrazole rings is 1. The molecule has 4 rings (SSSR count). The Morgan fingerprint density at radius 2 is 1.72 bits per heavy atom. The van der Waals surface area contributed by atoms with Gasteiger partial charge in [-0.15, -0.1) is 10.2 Å². The maximum atomic E-state index is 5.75. The van der Waals surface area contributed by atoms with Crippen LogP contribution >= 0.6 is 0 Å². The second-order valence-corrected chi connectivity index (χ2v) is 7.77. The van der Waals surface area contributed by atoms with Crippen molar-refractivity contribution < 1.29 is 4.74 Å². The Kier molecular flexibility index (Phi) is 7.22. The summed E-state index contributed by atoms with van der Waals surface area (Å²) in [7, 11) is 0. The number of aryl methyl sites for hydroxylation is 1. The highest BCUT2D eigenvalue weighted by Gasteiger charge is 2.13. The van der Waals surface area contributed by atoms with Crippen LogP contribution in [0, 0.1) is 0 Å². The first-order chi connectivity index (χ1) is 15.8. The van der Waals surface area contributed by atoms with Crippen LogP contribution in [-0.2, 0) is 13.0 Å². The average Bonchev–Trinajstić information content (AvgIpc) is 3.49. The monoisotopic (exact) mass is 431 g/mol. The minimum atomic E-state index is 0.482. The van der Waals surface area contributed by atoms with E-state index in [1.54, 1.807) is 0 Å². The zero-order valence-corrected chi connectivity index (χ0v) is 18.7. The number of nitrogens with zero attached hydrogens (tertiary/aromatic N) is 6. The van der Waals surface area contributed by atoms with Crippen LogP contribution < -0.4 is 4.74 Å². The van der Waals surface area contributed by atoms with Crippen LogP contribution in [0.15, 0.2) is 48.5 Å². The summed E-state index contributed by atoms with van der Waals surface area (Å²) in [5.74, 6) is 1.63. The van der Waals surface area contributed by atoms with Crippen LogP contribution in [0.25, 0.3) is 22.5 Å². The lowest BCUT2D eigenvalue weighted by molar-refractivity contribution is 0.284. The molecule has 0 saturated heterocycles. The van der Waals surface area contributed by atoms with Crippen LogP contribution in [-0.4, -0.2) is 42.0 Å². The first kappa shape index (κ1) is 21.7. The van der Waals surface area contributed by atoms with Crippen LogP contribution in [0.4, 0.5) is 0 Å². The van der Waals surface area contributed by atoms with Gasteiger partial charge in [-0.05, 0) is 40.0 Å². The largest absolute Gasteiger partial charge is 0.462 e. The van der Waals surface area contributed by atoms with E-state index in [1.807, 2.05) is 22.9 Å². The Hall–Kier alpha value is -3.55. The number of benzene rings is 2. The van der Waals surface area contributed by atoms with Crippen molar-refractivity contribution in [2.24, 2.45) is 0 Å². The lowest BCUT2D eigenvalue weighted by Crippen LogP contribution is -2.07. The second kappa shape index (κ2) is 10.7. The van der Waals surface area contributed by atoms with E-state index in [1.165, 1.54) is 0 Å². The van der Waals surface area contributed by atoms with Crippen molar-refractivity contribution in [3.63, 3.8) is 0 Å². The van der Waals surface area contributed by atoms with Gasteiger partial charge in [-0.25, -0.2) is 9.78 Å². The Morgan fingerprint density at radius 3 is 2.44 bits per heavy atom. The highest BCUT2D eigenvalue weighted by Crippen LogP contribution is 2.29. The van der Waals surface area contributed by atoms with Crippen molar-refractivity contribution in [1.29, 1.82) is 0 Å². The maximum absolute atomic E-state index is 5.75. The molecule has 166 valence electrons. The van der Waals surface area contributed by atoms with E-state index in [4.69, 9.17) is 4.74 Å². The summed E-state index contributed by atoms with van der Waals surface area (Å²) in [6, 6.07) is 17.1. The van der Waals surface area contributed by atoms with Gasteiger partial charge in [0.2, 0.25) is 0 Å². The Morgan fingerprint density at radius 1 is 0.938 bits per heavy atom. The molecule has 0 atom stereocenters. The van der Waals surface area contributed by atoms with Gasteiger partial charge < -0.3 is 4.74 Å². The number of hydrogen-bond donors (Lipinski definition) is 1. The quantitative estimate of drug-likeness (QED) is 0.346. The van der Waals surface area contributed by atoms with Gasteiger partial charge in [0.15, 0.2) is 5.82 Å². The van der Waals surface area contributed by atoms with Crippen molar-refractivity contribution in [3.8, 4) is 28.5 Å². The highest BCUT2D eigenvalue weighted by molar-refractivity contribution is 5.80. The third-order valence-corrected chi connectivity index (χ3v) is 5.34. The van der Waals surface area contributed by atoms with Gasteiger partial charge in [-0.2, -0.15) is 4.98 Å². The Balaban J connectivity index is 1.53. The molecular formula is C24H29N7O. The zero-order chi connectivity index (χ0) is 22.2. The van der Waals surface area contributed by atoms with Crippen LogP contribution in [0.1, 0.15) is 50.9 Å². The van der Waals surface area contributed by atoms with Crippen LogP contribution in [0.5, 0.6) is 6.01 Å². The molecule has 0 radical (unpaired) electrons. The molecule has 2 aromatic heterocycles. The molecule has 2 heterocycles. The average molecular weight is 432 g/mol. The fourth-order valence-electron chi connectivity index (χ4n) is 3.54. The minimum Gasteiger partial charge on any atom is -0.462 e. The van der Waals surface area contributed by atoms with E-state index in [2.05, 4.69) is 74.9 Å². The first-order valence-corrected chi connectivity index (χ1v) is 11.3. The van der Waals surface area contributed by atoms with Crippen molar-refractivity contribution in [2.75, 3.05) is 6.61 Å². The molecule has 0 fully saturated rings. The Labute approximate surface area is 188 Å². The van der Waals surface area contributed by atoms with Crippen LogP contribution in [0.2, 0.25) is 0 Å². The van der Waals surface area contributed by atoms with Gasteiger partial charge in [0, 0.05) is 12.0 Å². The molecule has 0 aliphatic heterocycles. The lowest BCUT2D eigenvalue weighted by Gasteiger charge is -2.09. The summed E-state index contributed by atoms with van der Waals surface area (Å²) in [6.45, 7) is 5.65. The molecule has 0 bridgehead atoms. The molecule has 0 aliphatic rings. The summed E-state index contributed by atoms with van der Waals surface area (Å²) in [4.78, 5) is 4.63. The van der Waals surface area contributed by atoms with Crippen molar-refractivity contribution in [2.45, 2.75) is 52.5 Å². The van der Waals surface area contributed by atoms with Gasteiger partial charge in [0.1, 0.15) is 5.82 Å². The number of H-pyrrole nitrogens is 1. The normalized spacial score (nSPS) is 11.1. The zero-order valence-electron chi connectivity index (χ0n) is 18.7. The molecule has 32 heavy (non-hydrogen) atoms. The molecule has 4 aromatic rings.